The van der Waals surface area contributed by atoms with Crippen LogP contribution in [-0.4, -0.2) is 11.8 Å². The second kappa shape index (κ2) is 6.60. The largest absolute Gasteiger partial charge is 0.352 e. The molecule has 23 heavy (non-hydrogen) atoms. The van der Waals surface area contributed by atoms with E-state index in [1.807, 2.05) is 30.3 Å². The Balaban J connectivity index is 1.48. The van der Waals surface area contributed by atoms with Gasteiger partial charge >= 0.3 is 0 Å². The highest BCUT2D eigenvalue weighted by Crippen LogP contribution is 2.39. The van der Waals surface area contributed by atoms with Gasteiger partial charge in [0.15, 0.2) is 0 Å². The van der Waals surface area contributed by atoms with Crippen LogP contribution >= 0.6 is 0 Å². The number of rotatable bonds is 5. The average molecular weight is 312 g/mol. The Labute approximate surface area is 133 Å². The van der Waals surface area contributed by atoms with E-state index in [1.165, 1.54) is 18.2 Å². The summed E-state index contributed by atoms with van der Waals surface area (Å²) < 4.78 is 13.1. The zero-order chi connectivity index (χ0) is 16.2. The van der Waals surface area contributed by atoms with E-state index in [0.717, 1.165) is 5.56 Å². The van der Waals surface area contributed by atoms with Crippen molar-refractivity contribution in [3.05, 3.63) is 66.0 Å². The van der Waals surface area contributed by atoms with Gasteiger partial charge in [-0.3, -0.25) is 9.59 Å². The van der Waals surface area contributed by atoms with Crippen LogP contribution in [0.15, 0.2) is 54.6 Å². The maximum absolute atomic E-state index is 13.1. The molecule has 1 aliphatic rings. The average Bonchev–Trinajstić information content (AvgIpc) is 3.34. The minimum Gasteiger partial charge on any atom is -0.352 e. The molecule has 5 heteroatoms. The van der Waals surface area contributed by atoms with Crippen LogP contribution in [0.1, 0.15) is 12.0 Å². The van der Waals surface area contributed by atoms with Gasteiger partial charge in [-0.1, -0.05) is 36.4 Å². The summed E-state index contributed by atoms with van der Waals surface area (Å²) in [6.45, 7) is 0.453. The molecule has 2 aromatic rings. The molecule has 1 saturated carbocycles. The molecule has 2 unspecified atom stereocenters. The zero-order valence-electron chi connectivity index (χ0n) is 12.5. The van der Waals surface area contributed by atoms with Crippen molar-refractivity contribution in [2.24, 2.45) is 11.8 Å². The van der Waals surface area contributed by atoms with E-state index >= 15 is 0 Å². The predicted molar refractivity (Wildman–Crippen MR) is 84.9 cm³/mol. The summed E-state index contributed by atoms with van der Waals surface area (Å²) in [6.07, 6.45) is 0.530. The maximum atomic E-state index is 13.1. The Morgan fingerprint density at radius 3 is 2.48 bits per heavy atom. The number of hydrogen-bond donors (Lipinski definition) is 2. The molecule has 0 aliphatic heterocycles. The number of halogens is 1. The lowest BCUT2D eigenvalue weighted by Gasteiger charge is -2.06. The number of carbonyl (C=O) groups is 2. The third kappa shape index (κ3) is 3.94. The van der Waals surface area contributed by atoms with Gasteiger partial charge in [0.2, 0.25) is 11.8 Å². The van der Waals surface area contributed by atoms with E-state index in [2.05, 4.69) is 10.6 Å². The van der Waals surface area contributed by atoms with Crippen molar-refractivity contribution in [2.75, 3.05) is 5.32 Å². The third-order valence-corrected chi connectivity index (χ3v) is 3.87. The molecule has 4 nitrogen and oxygen atoms in total. The molecule has 2 atom stereocenters. The molecule has 0 aromatic heterocycles. The normalized spacial score (nSPS) is 19.0. The number of nitrogens with one attached hydrogen (secondary N) is 2. The first kappa shape index (κ1) is 15.2. The smallest absolute Gasteiger partial charge is 0.228 e. The molecule has 0 spiro atoms. The van der Waals surface area contributed by atoms with Crippen molar-refractivity contribution in [2.45, 2.75) is 13.0 Å². The lowest BCUT2D eigenvalue weighted by atomic mass is 10.2. The summed E-state index contributed by atoms with van der Waals surface area (Å²) in [5, 5.41) is 5.48. The van der Waals surface area contributed by atoms with Crippen molar-refractivity contribution in [1.29, 1.82) is 0 Å². The Hall–Kier alpha value is -2.69. The first-order chi connectivity index (χ1) is 11.1. The molecule has 2 amide bonds. The summed E-state index contributed by atoms with van der Waals surface area (Å²) >= 11 is 0. The quantitative estimate of drug-likeness (QED) is 0.892. The van der Waals surface area contributed by atoms with E-state index in [4.69, 9.17) is 0 Å². The van der Waals surface area contributed by atoms with Crippen molar-refractivity contribution >= 4 is 17.5 Å². The van der Waals surface area contributed by atoms with Gasteiger partial charge < -0.3 is 10.6 Å². The molecule has 0 bridgehead atoms. The minimum atomic E-state index is -0.407. The highest BCUT2D eigenvalue weighted by atomic mass is 19.1. The van der Waals surface area contributed by atoms with Crippen molar-refractivity contribution in [1.82, 2.24) is 5.32 Å². The Bertz CT molecular complexity index is 718. The van der Waals surface area contributed by atoms with Gasteiger partial charge in [-0.25, -0.2) is 4.39 Å². The van der Waals surface area contributed by atoms with Crippen molar-refractivity contribution in [3.63, 3.8) is 0 Å². The lowest BCUT2D eigenvalue weighted by molar-refractivity contribution is -0.125. The van der Waals surface area contributed by atoms with Gasteiger partial charge in [0.05, 0.1) is 11.8 Å². The summed E-state index contributed by atoms with van der Waals surface area (Å²) in [7, 11) is 0. The second-order valence-corrected chi connectivity index (χ2v) is 5.65. The SMILES string of the molecule is O=C(NCc1ccccc1)C1CC1C(=O)Nc1cccc(F)c1. The molecule has 2 aromatic carbocycles. The molecule has 3 rings (SSSR count). The van der Waals surface area contributed by atoms with Gasteiger partial charge in [0.1, 0.15) is 5.82 Å². The molecule has 118 valence electrons. The minimum absolute atomic E-state index is 0.117. The fourth-order valence-corrected chi connectivity index (χ4v) is 2.49. The highest BCUT2D eigenvalue weighted by Gasteiger charge is 2.47. The van der Waals surface area contributed by atoms with Crippen LogP contribution in [0.25, 0.3) is 0 Å². The van der Waals surface area contributed by atoms with Crippen LogP contribution in [0, 0.1) is 17.7 Å². The van der Waals surface area contributed by atoms with Crippen molar-refractivity contribution in [3.8, 4) is 0 Å². The number of amides is 2. The summed E-state index contributed by atoms with van der Waals surface area (Å²) in [4.78, 5) is 24.1. The standard InChI is InChI=1S/C18H17FN2O2/c19-13-7-4-8-14(9-13)21-18(23)16-10-15(16)17(22)20-11-12-5-2-1-3-6-12/h1-9,15-16H,10-11H2,(H,20,22)(H,21,23). The zero-order valence-corrected chi connectivity index (χ0v) is 12.5. The third-order valence-electron chi connectivity index (χ3n) is 3.87. The molecule has 1 fully saturated rings. The van der Waals surface area contributed by atoms with E-state index in [0.29, 0.717) is 18.7 Å². The van der Waals surface area contributed by atoms with Crippen LogP contribution in [0.3, 0.4) is 0 Å². The van der Waals surface area contributed by atoms with E-state index < -0.39 is 5.82 Å². The van der Waals surface area contributed by atoms with Gasteiger partial charge in [0, 0.05) is 12.2 Å². The molecule has 0 heterocycles. The van der Waals surface area contributed by atoms with Crippen LogP contribution in [0.2, 0.25) is 0 Å². The van der Waals surface area contributed by atoms with Crippen LogP contribution in [0.5, 0.6) is 0 Å². The van der Waals surface area contributed by atoms with Crippen LogP contribution in [-0.2, 0) is 16.1 Å². The summed E-state index contributed by atoms with van der Waals surface area (Å²) in [6, 6.07) is 15.3. The topological polar surface area (TPSA) is 58.2 Å². The highest BCUT2D eigenvalue weighted by molar-refractivity contribution is 5.99. The fourth-order valence-electron chi connectivity index (χ4n) is 2.49. The van der Waals surface area contributed by atoms with Crippen LogP contribution < -0.4 is 10.6 Å². The number of anilines is 1. The first-order valence-electron chi connectivity index (χ1n) is 7.51. The van der Waals surface area contributed by atoms with E-state index in [1.54, 1.807) is 6.07 Å². The van der Waals surface area contributed by atoms with Gasteiger partial charge in [-0.15, -0.1) is 0 Å². The summed E-state index contributed by atoms with van der Waals surface area (Å²) in [5.41, 5.74) is 1.42. The van der Waals surface area contributed by atoms with Gasteiger partial charge in [-0.2, -0.15) is 0 Å². The van der Waals surface area contributed by atoms with Gasteiger partial charge in [0.25, 0.3) is 0 Å². The molecular weight excluding hydrogens is 295 g/mol. The lowest BCUT2D eigenvalue weighted by Crippen LogP contribution is -2.27. The monoisotopic (exact) mass is 312 g/mol. The molecule has 2 N–H and O–H groups in total. The van der Waals surface area contributed by atoms with Gasteiger partial charge in [-0.05, 0) is 30.2 Å². The Kier molecular flexibility index (Phi) is 4.37. The van der Waals surface area contributed by atoms with Crippen LogP contribution in [0.4, 0.5) is 10.1 Å². The number of hydrogen-bond acceptors (Lipinski definition) is 2. The maximum Gasteiger partial charge on any atom is 0.228 e. The molecular formula is C18H17FN2O2. The van der Waals surface area contributed by atoms with E-state index in [-0.39, 0.29) is 23.7 Å². The second-order valence-electron chi connectivity index (χ2n) is 5.65. The predicted octanol–water partition coefficient (Wildman–Crippen LogP) is 2.72. The summed E-state index contributed by atoms with van der Waals surface area (Å²) in [5.74, 6) is -1.40. The number of carbonyl (C=O) groups excluding carboxylic acids is 2. The van der Waals surface area contributed by atoms with Crippen molar-refractivity contribution < 1.29 is 14.0 Å². The Morgan fingerprint density at radius 1 is 1.00 bits per heavy atom. The Morgan fingerprint density at radius 2 is 1.74 bits per heavy atom. The number of benzene rings is 2. The molecule has 0 saturated heterocycles. The fraction of sp³-hybridized carbons (Fsp3) is 0.222. The first-order valence-corrected chi connectivity index (χ1v) is 7.51. The van der Waals surface area contributed by atoms with E-state index in [9.17, 15) is 14.0 Å². The molecule has 1 aliphatic carbocycles. The molecule has 0 radical (unpaired) electrons.